The van der Waals surface area contributed by atoms with Gasteiger partial charge in [0.15, 0.2) is 0 Å². The molecule has 0 aromatic heterocycles. The Kier molecular flexibility index (Phi) is 15.1. The van der Waals surface area contributed by atoms with Gasteiger partial charge in [-0.25, -0.2) is 0 Å². The van der Waals surface area contributed by atoms with Crippen LogP contribution in [0.3, 0.4) is 0 Å². The standard InChI is InChI=1S/C34H54.C4H9N.C4H10.2C2H6/c1-8-29(2,3)18-11-12-24-16-20-33-27(30(24,4)5)17-21-34(33)28(33)15-14-26-25-13-9-10-19-31(25,6)22-23-32(26,34)7;1-3-5-4-2;1-4(2)3;2*1-2/h8-10,24-28H,1,11-23H2,2-7H3;3,5H,1,4H2,2H3;4H,1-3H3;2*1-2H3/t24?,25?,26?,27?,28?,31?,32-,33?,34?;;;;/m1..../s1. The zero-order valence-electron chi connectivity index (χ0n) is 34.6. The van der Waals surface area contributed by atoms with Crippen LogP contribution in [0.4, 0.5) is 0 Å². The SMILES string of the molecule is C=CC(C)(C)CCCC1CCC23C(CCC24C3CCC2C3CC=CCC3(C)CC[C@]24C)C1(C)C.C=CNCC.CC.CC.CC(C)C. The van der Waals surface area contributed by atoms with Gasteiger partial charge >= 0.3 is 0 Å². The van der Waals surface area contributed by atoms with Crippen molar-refractivity contribution in [3.05, 3.63) is 37.6 Å². The molecule has 5 saturated carbocycles. The van der Waals surface area contributed by atoms with Crippen LogP contribution in [0, 0.1) is 68.0 Å². The van der Waals surface area contributed by atoms with Gasteiger partial charge in [-0.15, -0.1) is 6.58 Å². The molecule has 6 aliphatic rings. The Morgan fingerprint density at radius 2 is 1.47 bits per heavy atom. The second kappa shape index (κ2) is 16.8. The van der Waals surface area contributed by atoms with Gasteiger partial charge in [-0.05, 0) is 158 Å². The highest BCUT2D eigenvalue weighted by atomic mass is 14.9. The first-order valence-corrected chi connectivity index (χ1v) is 20.8. The summed E-state index contributed by atoms with van der Waals surface area (Å²) in [4.78, 5) is 0. The van der Waals surface area contributed by atoms with Crippen LogP contribution in [0.15, 0.2) is 37.6 Å². The molecule has 5 fully saturated rings. The average molecular weight is 652 g/mol. The highest BCUT2D eigenvalue weighted by molar-refractivity contribution is 5.36. The first kappa shape index (κ1) is 42.2. The van der Waals surface area contributed by atoms with Gasteiger partial charge in [-0.1, -0.05) is 121 Å². The van der Waals surface area contributed by atoms with Crippen LogP contribution in [0.1, 0.15) is 180 Å². The van der Waals surface area contributed by atoms with Crippen molar-refractivity contribution in [2.24, 2.45) is 68.0 Å². The number of hydrogen-bond donors (Lipinski definition) is 1. The quantitative estimate of drug-likeness (QED) is 0.270. The van der Waals surface area contributed by atoms with Crippen LogP contribution in [0.25, 0.3) is 0 Å². The summed E-state index contributed by atoms with van der Waals surface area (Å²) in [5.74, 6) is 5.78. The molecule has 0 radical (unpaired) electrons. The van der Waals surface area contributed by atoms with E-state index in [0.29, 0.717) is 27.1 Å². The zero-order valence-corrected chi connectivity index (χ0v) is 34.6. The van der Waals surface area contributed by atoms with Crippen LogP contribution in [0.5, 0.6) is 0 Å². The Morgan fingerprint density at radius 3 is 2.02 bits per heavy atom. The van der Waals surface area contributed by atoms with Gasteiger partial charge < -0.3 is 5.32 Å². The van der Waals surface area contributed by atoms with Gasteiger partial charge in [0.1, 0.15) is 0 Å². The van der Waals surface area contributed by atoms with E-state index >= 15 is 0 Å². The van der Waals surface area contributed by atoms with Gasteiger partial charge in [0.2, 0.25) is 0 Å². The topological polar surface area (TPSA) is 12.0 Å². The normalized spacial score (nSPS) is 39.8. The summed E-state index contributed by atoms with van der Waals surface area (Å²) in [5, 5.41) is 2.88. The second-order valence-electron chi connectivity index (χ2n) is 18.6. The fourth-order valence-electron chi connectivity index (χ4n) is 12.8. The molecule has 6 aliphatic carbocycles. The molecule has 0 saturated heterocycles. The molecular formula is C46H85N. The predicted molar refractivity (Wildman–Crippen MR) is 213 cm³/mol. The molecule has 0 aromatic carbocycles. The van der Waals surface area contributed by atoms with Crippen molar-refractivity contribution in [3.8, 4) is 0 Å². The lowest BCUT2D eigenvalue weighted by Gasteiger charge is -2.61. The lowest BCUT2D eigenvalue weighted by atomic mass is 9.44. The molecule has 1 heteroatoms. The number of nitrogens with one attached hydrogen (secondary N) is 1. The monoisotopic (exact) mass is 652 g/mol. The summed E-state index contributed by atoms with van der Waals surface area (Å²) in [6.07, 6.45) is 28.2. The van der Waals surface area contributed by atoms with E-state index in [1.54, 1.807) is 38.3 Å². The van der Waals surface area contributed by atoms with E-state index in [0.717, 1.165) is 47.5 Å². The lowest BCUT2D eigenvalue weighted by molar-refractivity contribution is -0.113. The van der Waals surface area contributed by atoms with E-state index in [-0.39, 0.29) is 0 Å². The minimum Gasteiger partial charge on any atom is -0.392 e. The first-order chi connectivity index (χ1) is 22.1. The smallest absolute Gasteiger partial charge is 0.0112 e. The number of rotatable bonds is 7. The van der Waals surface area contributed by atoms with E-state index in [2.05, 4.69) is 99.0 Å². The molecule has 47 heavy (non-hydrogen) atoms. The fraction of sp³-hybridized carbons (Fsp3) is 0.870. The minimum absolute atomic E-state index is 0.302. The van der Waals surface area contributed by atoms with Crippen LogP contribution in [-0.4, -0.2) is 6.54 Å². The van der Waals surface area contributed by atoms with Crippen LogP contribution in [-0.2, 0) is 0 Å². The number of fused-ring (bicyclic) bond motifs is 3. The van der Waals surface area contributed by atoms with Gasteiger partial charge in [-0.3, -0.25) is 0 Å². The minimum atomic E-state index is 0.302. The van der Waals surface area contributed by atoms with Crippen molar-refractivity contribution in [2.45, 2.75) is 180 Å². The number of hydrogen-bond acceptors (Lipinski definition) is 1. The molecule has 0 heterocycles. The van der Waals surface area contributed by atoms with Crippen LogP contribution in [0.2, 0.25) is 0 Å². The maximum atomic E-state index is 4.09. The summed E-state index contributed by atoms with van der Waals surface area (Å²) >= 11 is 0. The molecule has 274 valence electrons. The molecule has 0 aliphatic heterocycles. The van der Waals surface area contributed by atoms with Crippen molar-refractivity contribution in [3.63, 3.8) is 0 Å². The summed E-state index contributed by atoms with van der Waals surface area (Å²) in [7, 11) is 0. The molecular weight excluding hydrogens is 567 g/mol. The maximum Gasteiger partial charge on any atom is 0.0112 e. The summed E-state index contributed by atoms with van der Waals surface area (Å²) < 4.78 is 0. The molecule has 6 rings (SSSR count). The first-order valence-electron chi connectivity index (χ1n) is 20.8. The van der Waals surface area contributed by atoms with Crippen molar-refractivity contribution < 1.29 is 0 Å². The summed E-state index contributed by atoms with van der Waals surface area (Å²) in [5.41, 5.74) is 3.48. The predicted octanol–water partition coefficient (Wildman–Crippen LogP) is 14.5. The molecule has 0 aromatic rings. The number of allylic oxidation sites excluding steroid dienone is 3. The van der Waals surface area contributed by atoms with E-state index in [9.17, 15) is 0 Å². The highest BCUT2D eigenvalue weighted by Gasteiger charge is 2.89. The molecule has 9 atom stereocenters. The Hall–Kier alpha value is -0.980. The van der Waals surface area contributed by atoms with Gasteiger partial charge in [0.25, 0.3) is 0 Å². The van der Waals surface area contributed by atoms with Gasteiger partial charge in [0.05, 0.1) is 0 Å². The van der Waals surface area contributed by atoms with E-state index in [4.69, 9.17) is 0 Å². The Morgan fingerprint density at radius 1 is 0.830 bits per heavy atom. The highest BCUT2D eigenvalue weighted by Crippen LogP contribution is 2.95. The van der Waals surface area contributed by atoms with Crippen molar-refractivity contribution in [2.75, 3.05) is 6.54 Å². The molecule has 0 bridgehead atoms. The van der Waals surface area contributed by atoms with Crippen molar-refractivity contribution in [1.29, 1.82) is 0 Å². The largest absolute Gasteiger partial charge is 0.392 e. The summed E-state index contributed by atoms with van der Waals surface area (Å²) in [6.45, 7) is 40.7. The second-order valence-corrected chi connectivity index (χ2v) is 18.6. The third-order valence-electron chi connectivity index (χ3n) is 14.9. The molecule has 0 amide bonds. The van der Waals surface area contributed by atoms with Crippen molar-refractivity contribution >= 4 is 0 Å². The van der Waals surface area contributed by atoms with E-state index in [1.165, 1.54) is 51.4 Å². The lowest BCUT2D eigenvalue weighted by Crippen LogP contribution is -2.53. The molecule has 1 N–H and O–H groups in total. The summed E-state index contributed by atoms with van der Waals surface area (Å²) in [6, 6.07) is 0. The molecule has 1 nitrogen and oxygen atoms in total. The average Bonchev–Trinajstić information content (AvgIpc) is 3.43. The van der Waals surface area contributed by atoms with Crippen LogP contribution < -0.4 is 5.32 Å². The Labute approximate surface area is 297 Å². The van der Waals surface area contributed by atoms with Gasteiger partial charge in [-0.2, -0.15) is 0 Å². The third kappa shape index (κ3) is 7.55. The Bertz CT molecular complexity index is 998. The Balaban J connectivity index is 0.000000514. The van der Waals surface area contributed by atoms with Gasteiger partial charge in [0, 0.05) is 6.54 Å². The third-order valence-corrected chi connectivity index (χ3v) is 14.9. The zero-order chi connectivity index (χ0) is 35.9. The van der Waals surface area contributed by atoms with E-state index < -0.39 is 0 Å². The van der Waals surface area contributed by atoms with E-state index in [1.807, 2.05) is 34.6 Å². The van der Waals surface area contributed by atoms with Crippen molar-refractivity contribution in [1.82, 2.24) is 5.32 Å². The molecule has 2 spiro atoms. The van der Waals surface area contributed by atoms with Crippen LogP contribution >= 0.6 is 0 Å². The molecule has 8 unspecified atom stereocenters. The maximum absolute atomic E-state index is 4.09. The fourth-order valence-corrected chi connectivity index (χ4v) is 12.8.